The van der Waals surface area contributed by atoms with Crippen LogP contribution in [-0.4, -0.2) is 77.0 Å². The fourth-order valence-corrected chi connectivity index (χ4v) is 5.06. The summed E-state index contributed by atoms with van der Waals surface area (Å²) in [4.78, 5) is 57.9. The number of aliphatic hydroxyl groups is 2. The fraction of sp³-hybridized carbons (Fsp3) is 0.207. The molecule has 10 nitrogen and oxygen atoms in total. The lowest BCUT2D eigenvalue weighted by atomic mass is 9.97. The van der Waals surface area contributed by atoms with E-state index in [0.29, 0.717) is 27.9 Å². The molecule has 2 aromatic carbocycles. The lowest BCUT2D eigenvalue weighted by Gasteiger charge is -2.36. The third kappa shape index (κ3) is 4.44. The molecule has 3 N–H and O–H groups in total. The number of nitrogens with zero attached hydrogens (tertiary/aromatic N) is 3. The van der Waals surface area contributed by atoms with Gasteiger partial charge in [-0.1, -0.05) is 24.3 Å². The van der Waals surface area contributed by atoms with E-state index in [0.717, 1.165) is 4.90 Å². The molecule has 0 bridgehead atoms. The summed E-state index contributed by atoms with van der Waals surface area (Å²) < 4.78 is 13.0. The molecule has 1 atom stereocenters. The average molecular weight is 546 g/mol. The molecule has 0 saturated heterocycles. The van der Waals surface area contributed by atoms with Gasteiger partial charge in [-0.15, -0.1) is 0 Å². The molecule has 2 aliphatic rings. The van der Waals surface area contributed by atoms with Gasteiger partial charge < -0.3 is 15.5 Å². The van der Waals surface area contributed by atoms with Crippen LogP contribution in [0, 0.1) is 5.82 Å². The summed E-state index contributed by atoms with van der Waals surface area (Å²) in [5, 5.41) is 22.5. The largest absolute Gasteiger partial charge is 0.504 e. The van der Waals surface area contributed by atoms with Crippen LogP contribution < -0.4 is 9.80 Å². The number of aromatic nitrogens is 1. The summed E-state index contributed by atoms with van der Waals surface area (Å²) in [6.07, 6.45) is 1.64. The summed E-state index contributed by atoms with van der Waals surface area (Å²) in [6, 6.07) is 13.9. The van der Waals surface area contributed by atoms with Crippen molar-refractivity contribution in [2.75, 3.05) is 33.3 Å². The maximum Gasteiger partial charge on any atom is 0.360 e. The van der Waals surface area contributed by atoms with Crippen LogP contribution in [0.5, 0.6) is 0 Å². The number of hydrogen-bond acceptors (Lipinski definition) is 7. The number of aliphatic hydroxyl groups excluding tert-OH is 2. The molecule has 1 aromatic heterocycles. The summed E-state index contributed by atoms with van der Waals surface area (Å²) in [5.41, 5.74) is 1.61. The van der Waals surface area contributed by atoms with Crippen molar-refractivity contribution in [3.63, 3.8) is 0 Å². The number of carbonyl (C=O) groups is 4. The van der Waals surface area contributed by atoms with E-state index in [-0.39, 0.29) is 38.4 Å². The first-order valence-electron chi connectivity index (χ1n) is 12.6. The zero-order valence-electron chi connectivity index (χ0n) is 21.6. The van der Waals surface area contributed by atoms with Gasteiger partial charge in [0, 0.05) is 37.3 Å². The molecular formula is C29H26FN4O6+. The van der Waals surface area contributed by atoms with Crippen LogP contribution in [0.2, 0.25) is 0 Å². The summed E-state index contributed by atoms with van der Waals surface area (Å²) in [7, 11) is 1.56. The number of carbonyl (C=O) groups excluding carboxylic acids is 4. The highest BCUT2D eigenvalue weighted by Gasteiger charge is 2.49. The molecule has 1 unspecified atom stereocenters. The number of quaternary nitrogens is 1. The van der Waals surface area contributed by atoms with E-state index in [4.69, 9.17) is 5.11 Å². The highest BCUT2D eigenvalue weighted by atomic mass is 19.1. The molecule has 2 aliphatic heterocycles. The van der Waals surface area contributed by atoms with E-state index in [2.05, 4.69) is 10.3 Å². The molecule has 3 heterocycles. The number of rotatable bonds is 8. The van der Waals surface area contributed by atoms with Crippen LogP contribution >= 0.6 is 0 Å². The molecule has 0 radical (unpaired) electrons. The topological polar surface area (TPSA) is 137 Å². The molecule has 40 heavy (non-hydrogen) atoms. The minimum absolute atomic E-state index is 0.0165. The highest BCUT2D eigenvalue weighted by Crippen LogP contribution is 2.40. The van der Waals surface area contributed by atoms with Gasteiger partial charge in [0.05, 0.1) is 31.3 Å². The van der Waals surface area contributed by atoms with Crippen molar-refractivity contribution in [2.24, 2.45) is 0 Å². The van der Waals surface area contributed by atoms with Crippen molar-refractivity contribution in [3.8, 4) is 11.1 Å². The lowest BCUT2D eigenvalue weighted by molar-refractivity contribution is -0.129. The van der Waals surface area contributed by atoms with Gasteiger partial charge in [-0.3, -0.25) is 19.3 Å². The summed E-state index contributed by atoms with van der Waals surface area (Å²) in [5.74, 6) is -3.45. The van der Waals surface area contributed by atoms with Crippen molar-refractivity contribution in [3.05, 3.63) is 89.0 Å². The second kappa shape index (κ2) is 10.4. The van der Waals surface area contributed by atoms with Crippen molar-refractivity contribution in [1.82, 2.24) is 19.7 Å². The van der Waals surface area contributed by atoms with Crippen molar-refractivity contribution >= 4 is 35.1 Å². The molecule has 0 saturated carbocycles. The van der Waals surface area contributed by atoms with Gasteiger partial charge in [0.2, 0.25) is 0 Å². The number of hydrogen-bond donors (Lipinski definition) is 3. The zero-order valence-corrected chi connectivity index (χ0v) is 21.6. The van der Waals surface area contributed by atoms with Crippen molar-refractivity contribution in [1.29, 1.82) is 0 Å². The Morgan fingerprint density at radius 3 is 2.30 bits per heavy atom. The number of imide groups is 1. The summed E-state index contributed by atoms with van der Waals surface area (Å²) in [6.45, 7) is -0.417. The molecule has 0 aliphatic carbocycles. The van der Waals surface area contributed by atoms with Crippen LogP contribution in [0.25, 0.3) is 16.9 Å². The van der Waals surface area contributed by atoms with E-state index >= 15 is 0 Å². The van der Waals surface area contributed by atoms with Gasteiger partial charge in [-0.2, -0.15) is 0 Å². The number of likely N-dealkylation sites (N-methyl/N-ethyl adjacent to an activating group) is 1. The Morgan fingerprint density at radius 2 is 1.68 bits per heavy atom. The first-order valence-corrected chi connectivity index (χ1v) is 12.6. The smallest absolute Gasteiger partial charge is 0.360 e. The number of pyridine rings is 1. The quantitative estimate of drug-likeness (QED) is 0.225. The molecule has 204 valence electrons. The van der Waals surface area contributed by atoms with E-state index in [9.17, 15) is 28.7 Å². The van der Waals surface area contributed by atoms with Crippen LogP contribution in [0.4, 0.5) is 10.1 Å². The Morgan fingerprint density at radius 1 is 1.02 bits per heavy atom. The molecule has 5 rings (SSSR count). The maximum atomic E-state index is 13.9. The molecule has 11 heteroatoms. The fourth-order valence-electron chi connectivity index (χ4n) is 5.06. The predicted octanol–water partition coefficient (Wildman–Crippen LogP) is 2.43. The van der Waals surface area contributed by atoms with Crippen LogP contribution in [0.3, 0.4) is 0 Å². The van der Waals surface area contributed by atoms with Gasteiger partial charge >= 0.3 is 5.91 Å². The minimum atomic E-state index is -0.865. The highest BCUT2D eigenvalue weighted by molar-refractivity contribution is 6.27. The number of fused-ring (bicyclic) bond motifs is 2. The average Bonchev–Trinajstić information content (AvgIpc) is 3.20. The van der Waals surface area contributed by atoms with E-state index < -0.39 is 45.3 Å². The van der Waals surface area contributed by atoms with Gasteiger partial charge in [-0.25, -0.2) is 18.7 Å². The van der Waals surface area contributed by atoms with E-state index in [1.807, 2.05) is 0 Å². The van der Waals surface area contributed by atoms with Crippen molar-refractivity contribution < 1.29 is 33.8 Å². The second-order valence-electron chi connectivity index (χ2n) is 9.68. The van der Waals surface area contributed by atoms with Gasteiger partial charge in [-0.05, 0) is 29.8 Å². The summed E-state index contributed by atoms with van der Waals surface area (Å²) >= 11 is 0. The monoisotopic (exact) mass is 545 g/mol. The third-order valence-electron chi connectivity index (χ3n) is 7.19. The Balaban J connectivity index is 1.50. The van der Waals surface area contributed by atoms with Crippen LogP contribution in [0.15, 0.2) is 66.4 Å². The first-order chi connectivity index (χ1) is 19.2. The molecule has 0 fully saturated rings. The molecule has 4 amide bonds. The Bertz CT molecular complexity index is 1550. The van der Waals surface area contributed by atoms with E-state index in [1.54, 1.807) is 49.5 Å². The van der Waals surface area contributed by atoms with E-state index in [1.165, 1.54) is 18.3 Å². The number of halogens is 1. The third-order valence-corrected chi connectivity index (χ3v) is 7.19. The molecular weight excluding hydrogens is 519 g/mol. The first kappa shape index (κ1) is 26.9. The standard InChI is InChI=1S/C29H25FN4O6/c1-34(13-4-12-33-27(38)20-5-2-3-6-21(20)28(33)39)22-15-18(17-7-9-19(30)10-8-17)16-32-24(22)25(36)23(29(34)40)26(37)31-11-14-35/h2-3,5-10,15-16,35H,4,11-14H2,1H3,(H-,31,36,37,40)/p+1. The number of nitrogens with one attached hydrogen (secondary N) is 1. The lowest BCUT2D eigenvalue weighted by Crippen LogP contribution is -2.57. The van der Waals surface area contributed by atoms with Crippen molar-refractivity contribution in [2.45, 2.75) is 6.42 Å². The normalized spacial score (nSPS) is 18.2. The minimum Gasteiger partial charge on any atom is -0.504 e. The van der Waals surface area contributed by atoms with Crippen LogP contribution in [-0.2, 0) is 9.59 Å². The predicted molar refractivity (Wildman–Crippen MR) is 143 cm³/mol. The second-order valence-corrected chi connectivity index (χ2v) is 9.68. The Kier molecular flexibility index (Phi) is 7.01. The Hall–Kier alpha value is -4.74. The molecule has 3 aromatic rings. The van der Waals surface area contributed by atoms with Crippen LogP contribution in [0.1, 0.15) is 32.8 Å². The SMILES string of the molecule is C[N+]1(CCCN2C(=O)c3ccccc3C2=O)C(=O)C(C(=O)NCCO)=C(O)c2ncc(-c3ccc(F)cc3)cc21. The van der Waals surface area contributed by atoms with Gasteiger partial charge in [0.1, 0.15) is 5.82 Å². The molecule has 0 spiro atoms. The zero-order chi connectivity index (χ0) is 28.6. The number of benzene rings is 2. The van der Waals surface area contributed by atoms with Gasteiger partial charge in [0.25, 0.3) is 17.7 Å². The Labute approximate surface area is 228 Å². The maximum absolute atomic E-state index is 13.9. The van der Waals surface area contributed by atoms with Gasteiger partial charge in [0.15, 0.2) is 22.7 Å². The number of amides is 4.